The lowest BCUT2D eigenvalue weighted by atomic mass is 10.6. The van der Waals surface area contributed by atoms with E-state index < -0.39 is 23.2 Å². The van der Waals surface area contributed by atoms with Crippen molar-refractivity contribution in [2.24, 2.45) is 4.15 Å². The summed E-state index contributed by atoms with van der Waals surface area (Å²) < 4.78 is 60.5. The zero-order valence-electron chi connectivity index (χ0n) is 8.58. The minimum atomic E-state index is -5.29. The molecular formula is C7H14F3NO2PS+. The Bertz CT molecular complexity index is 316. The molecule has 0 radical (unpaired) electrons. The van der Waals surface area contributed by atoms with Crippen molar-refractivity contribution in [2.75, 3.05) is 12.3 Å². The molecular weight excluding hydrogens is 250 g/mol. The normalized spacial score (nSPS) is 12.6. The Labute approximate surface area is 88.6 Å². The summed E-state index contributed by atoms with van der Waals surface area (Å²) in [7, 11) is -6.68. The third-order valence-corrected chi connectivity index (χ3v) is 5.77. The standard InChI is InChI=1S/C7H14F3NO2PS/c1-3-5-14(6-4-2)11-15(12,13)7(8,9)10/h3-6H2,1-2H3/q+1. The van der Waals surface area contributed by atoms with Crippen LogP contribution in [0.4, 0.5) is 13.2 Å². The lowest BCUT2D eigenvalue weighted by Crippen LogP contribution is -2.20. The highest BCUT2D eigenvalue weighted by Crippen LogP contribution is 2.35. The van der Waals surface area contributed by atoms with E-state index in [9.17, 15) is 21.6 Å². The van der Waals surface area contributed by atoms with E-state index in [-0.39, 0.29) is 0 Å². The van der Waals surface area contributed by atoms with Gasteiger partial charge < -0.3 is 0 Å². The highest BCUT2D eigenvalue weighted by Gasteiger charge is 2.48. The summed E-state index contributed by atoms with van der Waals surface area (Å²) in [5, 5.41) is 0. The predicted octanol–water partition coefficient (Wildman–Crippen LogP) is 3.32. The van der Waals surface area contributed by atoms with Gasteiger partial charge in [0.2, 0.25) is 7.71 Å². The first kappa shape index (κ1) is 14.8. The maximum atomic E-state index is 12.0. The first-order valence-electron chi connectivity index (χ1n) is 4.53. The van der Waals surface area contributed by atoms with Crippen LogP contribution in [0.5, 0.6) is 0 Å². The van der Waals surface area contributed by atoms with Crippen molar-refractivity contribution in [3.05, 3.63) is 0 Å². The average Bonchev–Trinajstić information content (AvgIpc) is 2.02. The van der Waals surface area contributed by atoms with Crippen LogP contribution in [-0.4, -0.2) is 26.2 Å². The molecule has 3 nitrogen and oxygen atoms in total. The van der Waals surface area contributed by atoms with E-state index in [1.807, 2.05) is 0 Å². The van der Waals surface area contributed by atoms with Gasteiger partial charge in [0.25, 0.3) is 0 Å². The van der Waals surface area contributed by atoms with Crippen LogP contribution in [0.25, 0.3) is 0 Å². The SMILES string of the molecule is CCC[P+](CCC)=NS(=O)(=O)C(F)(F)F. The Morgan fingerprint density at radius 1 is 1.13 bits per heavy atom. The third-order valence-electron chi connectivity index (χ3n) is 1.48. The van der Waals surface area contributed by atoms with Crippen molar-refractivity contribution < 1.29 is 21.6 Å². The van der Waals surface area contributed by atoms with Gasteiger partial charge in [-0.25, -0.2) is 0 Å². The van der Waals surface area contributed by atoms with E-state index >= 15 is 0 Å². The summed E-state index contributed by atoms with van der Waals surface area (Å²) >= 11 is 0. The van der Waals surface area contributed by atoms with Crippen LogP contribution in [0, 0.1) is 0 Å². The van der Waals surface area contributed by atoms with E-state index in [1.54, 1.807) is 13.8 Å². The van der Waals surface area contributed by atoms with Gasteiger partial charge >= 0.3 is 15.5 Å². The van der Waals surface area contributed by atoms with Gasteiger partial charge in [-0.15, -0.1) is 0 Å². The topological polar surface area (TPSA) is 46.5 Å². The summed E-state index contributed by atoms with van der Waals surface area (Å²) in [5.74, 6) is 0. The number of sulfonamides is 1. The summed E-state index contributed by atoms with van der Waals surface area (Å²) in [6, 6.07) is 0. The molecule has 0 fully saturated rings. The second-order valence-corrected chi connectivity index (χ2v) is 6.93. The molecule has 15 heavy (non-hydrogen) atoms. The number of hydrogen-bond donors (Lipinski definition) is 0. The van der Waals surface area contributed by atoms with Crippen molar-refractivity contribution in [1.29, 1.82) is 0 Å². The molecule has 0 spiro atoms. The van der Waals surface area contributed by atoms with Crippen LogP contribution in [-0.2, 0) is 10.0 Å². The van der Waals surface area contributed by atoms with Crippen LogP contribution >= 0.6 is 7.71 Å². The molecule has 0 rings (SSSR count). The molecule has 0 saturated heterocycles. The minimum Gasteiger partial charge on any atom is -0.192 e. The van der Waals surface area contributed by atoms with Gasteiger partial charge in [0.15, 0.2) is 0 Å². The van der Waals surface area contributed by atoms with Crippen LogP contribution in [0.2, 0.25) is 0 Å². The fourth-order valence-corrected chi connectivity index (χ4v) is 4.40. The molecule has 90 valence electrons. The quantitative estimate of drug-likeness (QED) is 0.715. The monoisotopic (exact) mass is 264 g/mol. The lowest BCUT2D eigenvalue weighted by Gasteiger charge is -1.99. The summed E-state index contributed by atoms with van der Waals surface area (Å²) in [4.78, 5) is 0. The third kappa shape index (κ3) is 4.93. The molecule has 0 aromatic rings. The Morgan fingerprint density at radius 3 is 1.80 bits per heavy atom. The highest BCUT2D eigenvalue weighted by molar-refractivity contribution is 7.93. The molecule has 0 aromatic heterocycles. The van der Waals surface area contributed by atoms with E-state index in [0.717, 1.165) is 0 Å². The minimum absolute atomic E-state index is 0.429. The molecule has 0 amide bonds. The predicted molar refractivity (Wildman–Crippen MR) is 54.6 cm³/mol. The van der Waals surface area contributed by atoms with Gasteiger partial charge in [-0.1, -0.05) is 13.8 Å². The van der Waals surface area contributed by atoms with Gasteiger partial charge in [-0.2, -0.15) is 21.6 Å². The summed E-state index contributed by atoms with van der Waals surface area (Å²) in [6.45, 7) is 3.58. The zero-order valence-corrected chi connectivity index (χ0v) is 10.3. The van der Waals surface area contributed by atoms with Crippen LogP contribution in [0.15, 0.2) is 4.15 Å². The van der Waals surface area contributed by atoms with Gasteiger partial charge in [-0.05, 0) is 12.8 Å². The van der Waals surface area contributed by atoms with Crippen molar-refractivity contribution in [2.45, 2.75) is 32.2 Å². The van der Waals surface area contributed by atoms with Crippen molar-refractivity contribution >= 4 is 17.7 Å². The molecule has 0 aliphatic heterocycles. The molecule has 0 N–H and O–H groups in total. The fraction of sp³-hybridized carbons (Fsp3) is 1.00. The molecule has 0 aliphatic rings. The summed E-state index contributed by atoms with van der Waals surface area (Å²) in [6.07, 6.45) is 2.14. The van der Waals surface area contributed by atoms with Crippen molar-refractivity contribution in [3.63, 3.8) is 0 Å². The van der Waals surface area contributed by atoms with E-state index in [2.05, 4.69) is 4.15 Å². The lowest BCUT2D eigenvalue weighted by molar-refractivity contribution is -0.0434. The molecule has 0 unspecified atom stereocenters. The van der Waals surface area contributed by atoms with Crippen LogP contribution in [0.3, 0.4) is 0 Å². The Balaban J connectivity index is 4.97. The van der Waals surface area contributed by atoms with Gasteiger partial charge in [0.05, 0.1) is 0 Å². The van der Waals surface area contributed by atoms with Crippen LogP contribution in [0.1, 0.15) is 26.7 Å². The molecule has 0 aromatic carbocycles. The number of rotatable bonds is 5. The Kier molecular flexibility index (Phi) is 5.73. The molecule has 0 atom stereocenters. The fourth-order valence-electron chi connectivity index (χ4n) is 0.908. The molecule has 0 bridgehead atoms. The zero-order chi connectivity index (χ0) is 12.1. The number of halogens is 3. The molecule has 8 heteroatoms. The van der Waals surface area contributed by atoms with Gasteiger partial charge in [-0.3, -0.25) is 0 Å². The van der Waals surface area contributed by atoms with E-state index in [4.69, 9.17) is 0 Å². The maximum Gasteiger partial charge on any atom is 0.521 e. The smallest absolute Gasteiger partial charge is 0.192 e. The van der Waals surface area contributed by atoms with Gasteiger partial charge in [0.1, 0.15) is 12.3 Å². The van der Waals surface area contributed by atoms with E-state index in [0.29, 0.717) is 25.2 Å². The number of nitrogens with zero attached hydrogens (tertiary/aromatic N) is 1. The molecule has 0 aliphatic carbocycles. The van der Waals surface area contributed by atoms with Crippen molar-refractivity contribution in [1.82, 2.24) is 0 Å². The molecule has 0 heterocycles. The Morgan fingerprint density at radius 2 is 1.53 bits per heavy atom. The van der Waals surface area contributed by atoms with Crippen LogP contribution < -0.4 is 0 Å². The highest BCUT2D eigenvalue weighted by atomic mass is 32.2. The van der Waals surface area contributed by atoms with Crippen molar-refractivity contribution in [3.8, 4) is 0 Å². The number of hydrogen-bond acceptors (Lipinski definition) is 2. The number of alkyl halides is 3. The Hall–Kier alpha value is -0.160. The second kappa shape index (κ2) is 5.80. The summed E-state index contributed by atoms with van der Waals surface area (Å²) in [5.41, 5.74) is -5.25. The second-order valence-electron chi connectivity index (χ2n) is 2.96. The van der Waals surface area contributed by atoms with E-state index in [1.165, 1.54) is 0 Å². The first-order chi connectivity index (χ1) is 6.74. The molecule has 0 saturated carbocycles. The first-order valence-corrected chi connectivity index (χ1v) is 7.64. The van der Waals surface area contributed by atoms with Gasteiger partial charge in [0, 0.05) is 4.15 Å². The maximum absolute atomic E-state index is 12.0. The largest absolute Gasteiger partial charge is 0.521 e. The average molecular weight is 264 g/mol.